The molecule has 0 aliphatic heterocycles. The van der Waals surface area contributed by atoms with Crippen molar-refractivity contribution in [2.24, 2.45) is 11.8 Å². The summed E-state index contributed by atoms with van der Waals surface area (Å²) >= 11 is 6.12. The zero-order valence-electron chi connectivity index (χ0n) is 9.12. The first-order valence-corrected chi connectivity index (χ1v) is 5.91. The fourth-order valence-electron chi connectivity index (χ4n) is 1.57. The van der Waals surface area contributed by atoms with E-state index in [2.05, 4.69) is 4.84 Å². The Kier molecular flexibility index (Phi) is 4.04. The van der Waals surface area contributed by atoms with Crippen LogP contribution in [0.4, 0.5) is 0 Å². The first kappa shape index (κ1) is 11.7. The van der Waals surface area contributed by atoms with Crippen molar-refractivity contribution >= 4 is 11.6 Å². The average molecular weight is 242 g/mol. The molecule has 2 rings (SSSR count). The fourth-order valence-corrected chi connectivity index (χ4v) is 1.82. The van der Waals surface area contributed by atoms with Gasteiger partial charge in [-0.15, -0.1) is 0 Å². The van der Waals surface area contributed by atoms with E-state index in [1.807, 2.05) is 18.2 Å². The summed E-state index contributed by atoms with van der Waals surface area (Å²) in [5.41, 5.74) is 1.05. The minimum atomic E-state index is 0.472. The van der Waals surface area contributed by atoms with Gasteiger partial charge in [-0.1, -0.05) is 23.7 Å². The number of benzene rings is 1. The van der Waals surface area contributed by atoms with E-state index < -0.39 is 0 Å². The van der Waals surface area contributed by atoms with Crippen LogP contribution in [-0.4, -0.2) is 13.2 Å². The monoisotopic (exact) mass is 241 g/mol. The maximum absolute atomic E-state index is 6.12. The first-order chi connectivity index (χ1) is 7.81. The van der Waals surface area contributed by atoms with Crippen molar-refractivity contribution in [2.75, 3.05) is 13.2 Å². The third-order valence-electron chi connectivity index (χ3n) is 2.70. The van der Waals surface area contributed by atoms with Crippen LogP contribution in [0.2, 0.25) is 5.02 Å². The summed E-state index contributed by atoms with van der Waals surface area (Å²) in [6.45, 7) is 1.24. The topological polar surface area (TPSA) is 44.5 Å². The maximum Gasteiger partial charge on any atom is 0.141 e. The molecule has 0 amide bonds. The number of nitrogens with two attached hydrogens (primary N) is 1. The predicted molar refractivity (Wildman–Crippen MR) is 63.5 cm³/mol. The van der Waals surface area contributed by atoms with Crippen molar-refractivity contribution in [3.8, 4) is 5.75 Å². The standard InChI is InChI=1S/C12H16ClNO2/c13-11-3-1-2-10(6-7-16-14)12(11)15-8-9-4-5-9/h1-3,9H,4-8,14H2. The number of hydrogen-bond acceptors (Lipinski definition) is 3. The van der Waals surface area contributed by atoms with Crippen molar-refractivity contribution in [1.82, 2.24) is 0 Å². The number of para-hydroxylation sites is 1. The van der Waals surface area contributed by atoms with E-state index >= 15 is 0 Å². The molecule has 1 aromatic carbocycles. The molecule has 1 fully saturated rings. The lowest BCUT2D eigenvalue weighted by Crippen LogP contribution is -2.07. The molecule has 0 aromatic heterocycles. The molecule has 0 unspecified atom stereocenters. The third kappa shape index (κ3) is 3.11. The van der Waals surface area contributed by atoms with Crippen molar-refractivity contribution in [1.29, 1.82) is 0 Å². The van der Waals surface area contributed by atoms with Gasteiger partial charge in [0, 0.05) is 6.42 Å². The predicted octanol–water partition coefficient (Wildman–Crippen LogP) is 2.56. The quantitative estimate of drug-likeness (QED) is 0.779. The van der Waals surface area contributed by atoms with E-state index in [1.54, 1.807) is 0 Å². The summed E-state index contributed by atoms with van der Waals surface area (Å²) in [5.74, 6) is 6.53. The maximum atomic E-state index is 6.12. The smallest absolute Gasteiger partial charge is 0.141 e. The molecule has 0 saturated heterocycles. The molecule has 2 N–H and O–H groups in total. The Balaban J connectivity index is 2.04. The third-order valence-corrected chi connectivity index (χ3v) is 3.00. The summed E-state index contributed by atoms with van der Waals surface area (Å²) in [6.07, 6.45) is 3.26. The molecular formula is C12H16ClNO2. The molecule has 1 aliphatic rings. The molecule has 88 valence electrons. The van der Waals surface area contributed by atoms with Crippen LogP contribution >= 0.6 is 11.6 Å². The van der Waals surface area contributed by atoms with Crippen LogP contribution in [0, 0.1) is 5.92 Å². The zero-order valence-corrected chi connectivity index (χ0v) is 9.87. The molecule has 16 heavy (non-hydrogen) atoms. The minimum absolute atomic E-state index is 0.472. The number of hydrogen-bond donors (Lipinski definition) is 1. The molecular weight excluding hydrogens is 226 g/mol. The SMILES string of the molecule is NOCCc1cccc(Cl)c1OCC1CC1. The van der Waals surface area contributed by atoms with Crippen LogP contribution in [0.15, 0.2) is 18.2 Å². The Morgan fingerprint density at radius 1 is 1.38 bits per heavy atom. The molecule has 1 saturated carbocycles. The lowest BCUT2D eigenvalue weighted by Gasteiger charge is -2.12. The summed E-state index contributed by atoms with van der Waals surface area (Å²) in [4.78, 5) is 4.58. The lowest BCUT2D eigenvalue weighted by atomic mass is 10.1. The van der Waals surface area contributed by atoms with E-state index in [9.17, 15) is 0 Å². The molecule has 0 heterocycles. The molecule has 0 bridgehead atoms. The summed E-state index contributed by atoms with van der Waals surface area (Å²) in [7, 11) is 0. The molecule has 1 aliphatic carbocycles. The number of ether oxygens (including phenoxy) is 1. The van der Waals surface area contributed by atoms with Gasteiger partial charge in [0.1, 0.15) is 5.75 Å². The van der Waals surface area contributed by atoms with E-state index in [1.165, 1.54) is 12.8 Å². The zero-order chi connectivity index (χ0) is 11.4. The highest BCUT2D eigenvalue weighted by molar-refractivity contribution is 6.32. The normalized spacial score (nSPS) is 15.1. The van der Waals surface area contributed by atoms with Gasteiger partial charge in [0.25, 0.3) is 0 Å². The second-order valence-corrected chi connectivity index (χ2v) is 4.51. The van der Waals surface area contributed by atoms with Gasteiger partial charge in [-0.05, 0) is 30.4 Å². The first-order valence-electron chi connectivity index (χ1n) is 5.53. The Labute approximate surface area is 100 Å². The number of halogens is 1. The summed E-state index contributed by atoms with van der Waals surface area (Å²) in [6, 6.07) is 5.75. The van der Waals surface area contributed by atoms with Gasteiger partial charge in [-0.3, -0.25) is 0 Å². The minimum Gasteiger partial charge on any atom is -0.491 e. The van der Waals surface area contributed by atoms with E-state index in [0.717, 1.165) is 30.3 Å². The highest BCUT2D eigenvalue weighted by Crippen LogP contribution is 2.33. The van der Waals surface area contributed by atoms with Crippen molar-refractivity contribution in [2.45, 2.75) is 19.3 Å². The van der Waals surface area contributed by atoms with Crippen LogP contribution in [0.3, 0.4) is 0 Å². The highest BCUT2D eigenvalue weighted by atomic mass is 35.5. The van der Waals surface area contributed by atoms with E-state index in [-0.39, 0.29) is 0 Å². The van der Waals surface area contributed by atoms with E-state index in [0.29, 0.717) is 11.6 Å². The van der Waals surface area contributed by atoms with Gasteiger partial charge in [0.15, 0.2) is 0 Å². The lowest BCUT2D eigenvalue weighted by molar-refractivity contribution is 0.140. The van der Waals surface area contributed by atoms with Crippen molar-refractivity contribution < 1.29 is 9.57 Å². The fraction of sp³-hybridized carbons (Fsp3) is 0.500. The highest BCUT2D eigenvalue weighted by Gasteiger charge is 2.22. The summed E-state index contributed by atoms with van der Waals surface area (Å²) in [5, 5.41) is 0.662. The van der Waals surface area contributed by atoms with Crippen LogP contribution in [0.1, 0.15) is 18.4 Å². The Bertz CT molecular complexity index is 353. The Hall–Kier alpha value is -0.770. The molecule has 3 nitrogen and oxygen atoms in total. The molecule has 0 spiro atoms. The van der Waals surface area contributed by atoms with Crippen LogP contribution in [0.25, 0.3) is 0 Å². The molecule has 4 heteroatoms. The average Bonchev–Trinajstić information content (AvgIpc) is 3.09. The molecule has 0 atom stereocenters. The Morgan fingerprint density at radius 2 is 2.19 bits per heavy atom. The van der Waals surface area contributed by atoms with E-state index in [4.69, 9.17) is 22.2 Å². The Morgan fingerprint density at radius 3 is 2.88 bits per heavy atom. The largest absolute Gasteiger partial charge is 0.491 e. The van der Waals surface area contributed by atoms with Gasteiger partial charge in [0.2, 0.25) is 0 Å². The van der Waals surface area contributed by atoms with Crippen LogP contribution < -0.4 is 10.6 Å². The van der Waals surface area contributed by atoms with Gasteiger partial charge in [-0.2, -0.15) is 0 Å². The van der Waals surface area contributed by atoms with Gasteiger partial charge >= 0.3 is 0 Å². The van der Waals surface area contributed by atoms with Crippen LogP contribution in [0.5, 0.6) is 5.75 Å². The van der Waals surface area contributed by atoms with Gasteiger partial charge in [0.05, 0.1) is 18.2 Å². The second kappa shape index (κ2) is 5.53. The summed E-state index contributed by atoms with van der Waals surface area (Å²) < 4.78 is 5.76. The molecule has 1 aromatic rings. The second-order valence-electron chi connectivity index (χ2n) is 4.10. The van der Waals surface area contributed by atoms with Crippen molar-refractivity contribution in [3.63, 3.8) is 0 Å². The molecule has 0 radical (unpaired) electrons. The van der Waals surface area contributed by atoms with Crippen LogP contribution in [-0.2, 0) is 11.3 Å². The van der Waals surface area contributed by atoms with Gasteiger partial charge < -0.3 is 9.57 Å². The van der Waals surface area contributed by atoms with Gasteiger partial charge in [-0.25, -0.2) is 5.90 Å². The number of rotatable bonds is 6. The van der Waals surface area contributed by atoms with Crippen molar-refractivity contribution in [3.05, 3.63) is 28.8 Å².